The summed E-state index contributed by atoms with van der Waals surface area (Å²) >= 11 is 0. The standard InChI is InChI=1S/C23H30N4O3.C2HF3O2/c1-29-17-21(28)26-12-8-23(9-13-26)19-16-24-27(15-14-25-10-4-5-11-25)22(19)18-6-2-3-7-20(18)30-23;3-2(4,5)1(6)7/h2-3,6-7,16H,4-5,8-15,17H2,1H3;(H,6,7). The number of aromatic nitrogens is 2. The van der Waals surface area contributed by atoms with Gasteiger partial charge in [0.2, 0.25) is 5.91 Å². The lowest BCUT2D eigenvalue weighted by molar-refractivity contribution is -0.192. The van der Waals surface area contributed by atoms with Gasteiger partial charge in [0, 0.05) is 50.7 Å². The molecule has 1 aromatic heterocycles. The minimum atomic E-state index is -5.08. The van der Waals surface area contributed by atoms with Gasteiger partial charge in [0.05, 0.1) is 18.4 Å². The van der Waals surface area contributed by atoms with Crippen LogP contribution in [0.5, 0.6) is 5.75 Å². The average Bonchev–Trinajstić information content (AvgIpc) is 3.54. The fraction of sp³-hybridized carbons (Fsp3) is 0.560. The van der Waals surface area contributed by atoms with Crippen LogP contribution in [-0.4, -0.2) is 89.2 Å². The van der Waals surface area contributed by atoms with Crippen LogP contribution in [0.3, 0.4) is 0 Å². The number of ether oxygens (including phenoxy) is 2. The number of amides is 1. The molecule has 2 aromatic rings. The zero-order chi connectivity index (χ0) is 26.6. The van der Waals surface area contributed by atoms with E-state index < -0.39 is 17.7 Å². The maximum atomic E-state index is 12.3. The van der Waals surface area contributed by atoms with Crippen LogP contribution < -0.4 is 4.74 Å². The minimum absolute atomic E-state index is 0.0464. The molecule has 3 aliphatic heterocycles. The first kappa shape index (κ1) is 26.9. The maximum Gasteiger partial charge on any atom is 0.490 e. The second kappa shape index (κ2) is 11.1. The predicted octanol–water partition coefficient (Wildman–Crippen LogP) is 3.14. The Morgan fingerprint density at radius 2 is 1.76 bits per heavy atom. The SMILES string of the molecule is COCC(=O)N1CCC2(CC1)Oc1ccccc1-c1c2cnn1CCN1CCCC1.O=C(O)C(F)(F)F. The van der Waals surface area contributed by atoms with E-state index in [2.05, 4.69) is 27.8 Å². The molecule has 1 amide bonds. The molecule has 1 aromatic carbocycles. The number of alkyl halides is 3. The number of carbonyl (C=O) groups excluding carboxylic acids is 1. The first-order valence-corrected chi connectivity index (χ1v) is 12.3. The molecule has 1 N–H and O–H groups in total. The van der Waals surface area contributed by atoms with Crippen LogP contribution in [0.1, 0.15) is 31.2 Å². The van der Waals surface area contributed by atoms with Gasteiger partial charge in [-0.25, -0.2) is 4.79 Å². The summed E-state index contributed by atoms with van der Waals surface area (Å²) in [7, 11) is 1.56. The first-order chi connectivity index (χ1) is 17.6. The van der Waals surface area contributed by atoms with Gasteiger partial charge in [-0.3, -0.25) is 9.48 Å². The van der Waals surface area contributed by atoms with E-state index in [1.54, 1.807) is 7.11 Å². The molecule has 0 bridgehead atoms. The van der Waals surface area contributed by atoms with Crippen LogP contribution in [0, 0.1) is 0 Å². The van der Waals surface area contributed by atoms with Crippen LogP contribution in [0.2, 0.25) is 0 Å². The third-order valence-corrected chi connectivity index (χ3v) is 7.04. The fourth-order valence-electron chi connectivity index (χ4n) is 5.14. The van der Waals surface area contributed by atoms with Gasteiger partial charge >= 0.3 is 12.1 Å². The lowest BCUT2D eigenvalue weighted by Crippen LogP contribution is -2.49. The van der Waals surface area contributed by atoms with Crippen LogP contribution in [0.15, 0.2) is 30.5 Å². The Balaban J connectivity index is 0.000000405. The largest absolute Gasteiger partial charge is 0.490 e. The molecule has 0 unspecified atom stereocenters. The normalized spacial score (nSPS) is 18.4. The summed E-state index contributed by atoms with van der Waals surface area (Å²) in [5.74, 6) is -1.79. The van der Waals surface area contributed by atoms with Gasteiger partial charge in [0.15, 0.2) is 0 Å². The number of benzene rings is 1. The number of piperidine rings is 1. The van der Waals surface area contributed by atoms with E-state index in [1.807, 2.05) is 17.2 Å². The maximum absolute atomic E-state index is 12.3. The molecule has 0 aliphatic carbocycles. The smallest absolute Gasteiger partial charge is 0.482 e. The number of carboxylic acid groups (broad SMARTS) is 1. The Kier molecular flexibility index (Phi) is 8.08. The highest BCUT2D eigenvalue weighted by Crippen LogP contribution is 2.49. The molecule has 12 heteroatoms. The minimum Gasteiger partial charge on any atom is -0.482 e. The summed E-state index contributed by atoms with van der Waals surface area (Å²) < 4.78 is 45.6. The Morgan fingerprint density at radius 3 is 2.38 bits per heavy atom. The topological polar surface area (TPSA) is 97.1 Å². The molecule has 0 saturated carbocycles. The molecule has 2 saturated heterocycles. The Hall–Kier alpha value is -3.12. The fourth-order valence-corrected chi connectivity index (χ4v) is 5.14. The van der Waals surface area contributed by atoms with E-state index in [0.29, 0.717) is 13.1 Å². The molecule has 1 spiro atoms. The van der Waals surface area contributed by atoms with E-state index in [9.17, 15) is 18.0 Å². The first-order valence-electron chi connectivity index (χ1n) is 12.3. The number of likely N-dealkylation sites (tertiary alicyclic amines) is 2. The van der Waals surface area contributed by atoms with Gasteiger partial charge < -0.3 is 24.4 Å². The van der Waals surface area contributed by atoms with Crippen molar-refractivity contribution in [2.75, 3.05) is 46.4 Å². The van der Waals surface area contributed by atoms with E-state index in [-0.39, 0.29) is 12.5 Å². The summed E-state index contributed by atoms with van der Waals surface area (Å²) in [6.07, 6.45) is 1.05. The van der Waals surface area contributed by atoms with Crippen LogP contribution >= 0.6 is 0 Å². The number of nitrogens with zero attached hydrogens (tertiary/aromatic N) is 4. The molecule has 0 radical (unpaired) electrons. The quantitative estimate of drug-likeness (QED) is 0.642. The summed E-state index contributed by atoms with van der Waals surface area (Å²) in [4.78, 5) is 25.6. The van der Waals surface area contributed by atoms with E-state index in [0.717, 1.165) is 37.2 Å². The Labute approximate surface area is 212 Å². The number of fused-ring (bicyclic) bond motifs is 4. The Morgan fingerprint density at radius 1 is 1.11 bits per heavy atom. The van der Waals surface area contributed by atoms with Crippen LogP contribution in [0.25, 0.3) is 11.3 Å². The molecular weight excluding hydrogens is 493 g/mol. The number of carbonyl (C=O) groups is 2. The molecular formula is C25H31F3N4O5. The number of methoxy groups -OCH3 is 1. The van der Waals surface area contributed by atoms with Gasteiger partial charge in [-0.05, 0) is 38.1 Å². The molecule has 37 heavy (non-hydrogen) atoms. The molecule has 2 fully saturated rings. The monoisotopic (exact) mass is 524 g/mol. The van der Waals surface area contributed by atoms with Crippen molar-refractivity contribution in [2.24, 2.45) is 0 Å². The van der Waals surface area contributed by atoms with Crippen LogP contribution in [0.4, 0.5) is 13.2 Å². The van der Waals surface area contributed by atoms with Gasteiger partial charge in [-0.15, -0.1) is 0 Å². The number of hydrogen-bond donors (Lipinski definition) is 1. The zero-order valence-electron chi connectivity index (χ0n) is 20.7. The highest BCUT2D eigenvalue weighted by molar-refractivity contribution is 5.78. The third kappa shape index (κ3) is 5.90. The lowest BCUT2D eigenvalue weighted by Gasteiger charge is -2.44. The summed E-state index contributed by atoms with van der Waals surface area (Å²) in [5.41, 5.74) is 3.06. The van der Waals surface area contributed by atoms with Crippen LogP contribution in [-0.2, 0) is 26.5 Å². The summed E-state index contributed by atoms with van der Waals surface area (Å²) in [6.45, 7) is 5.78. The van der Waals surface area contributed by atoms with E-state index >= 15 is 0 Å². The van der Waals surface area contributed by atoms with Crippen molar-refractivity contribution < 1.29 is 37.3 Å². The number of hydrogen-bond acceptors (Lipinski definition) is 6. The van der Waals surface area contributed by atoms with E-state index in [4.69, 9.17) is 24.5 Å². The molecule has 3 aliphatic rings. The summed E-state index contributed by atoms with van der Waals surface area (Å²) in [5, 5.41) is 11.9. The number of para-hydroxylation sites is 1. The van der Waals surface area contributed by atoms with Crippen molar-refractivity contribution in [3.05, 3.63) is 36.0 Å². The summed E-state index contributed by atoms with van der Waals surface area (Å²) in [6, 6.07) is 8.28. The molecule has 202 valence electrons. The number of carboxylic acids is 1. The Bertz CT molecular complexity index is 1110. The van der Waals surface area contributed by atoms with Gasteiger partial charge in [0.1, 0.15) is 18.0 Å². The highest BCUT2D eigenvalue weighted by atomic mass is 19.4. The van der Waals surface area contributed by atoms with Crippen molar-refractivity contribution in [1.29, 1.82) is 0 Å². The highest BCUT2D eigenvalue weighted by Gasteiger charge is 2.46. The molecule has 4 heterocycles. The third-order valence-electron chi connectivity index (χ3n) is 7.04. The van der Waals surface area contributed by atoms with E-state index in [1.165, 1.54) is 37.2 Å². The second-order valence-electron chi connectivity index (χ2n) is 9.39. The van der Waals surface area contributed by atoms with Crippen molar-refractivity contribution >= 4 is 11.9 Å². The van der Waals surface area contributed by atoms with Crippen molar-refractivity contribution in [3.63, 3.8) is 0 Å². The molecule has 5 rings (SSSR count). The average molecular weight is 525 g/mol. The van der Waals surface area contributed by atoms with Crippen molar-refractivity contribution in [1.82, 2.24) is 19.6 Å². The molecule has 0 atom stereocenters. The molecule has 9 nitrogen and oxygen atoms in total. The number of aliphatic carboxylic acids is 1. The lowest BCUT2D eigenvalue weighted by atomic mass is 9.81. The van der Waals surface area contributed by atoms with Crippen molar-refractivity contribution in [3.8, 4) is 17.0 Å². The zero-order valence-corrected chi connectivity index (χ0v) is 20.7. The predicted molar refractivity (Wildman–Crippen MR) is 127 cm³/mol. The van der Waals surface area contributed by atoms with Gasteiger partial charge in [-0.2, -0.15) is 18.3 Å². The van der Waals surface area contributed by atoms with Gasteiger partial charge in [-0.1, -0.05) is 12.1 Å². The number of rotatable bonds is 5. The second-order valence-corrected chi connectivity index (χ2v) is 9.39. The van der Waals surface area contributed by atoms with Crippen molar-refractivity contribution in [2.45, 2.75) is 44.0 Å². The number of halogens is 3. The van der Waals surface area contributed by atoms with Gasteiger partial charge in [0.25, 0.3) is 0 Å².